The fourth-order valence-corrected chi connectivity index (χ4v) is 3.19. The molecule has 0 aliphatic heterocycles. The van der Waals surface area contributed by atoms with Crippen LogP contribution in [0.5, 0.6) is 0 Å². The van der Waals surface area contributed by atoms with Crippen molar-refractivity contribution in [2.75, 3.05) is 0 Å². The van der Waals surface area contributed by atoms with Crippen molar-refractivity contribution < 1.29 is 0 Å². The summed E-state index contributed by atoms with van der Waals surface area (Å²) in [5, 5.41) is 0.760. The third-order valence-electron chi connectivity index (χ3n) is 3.37. The highest BCUT2D eigenvalue weighted by Crippen LogP contribution is 2.28. The Morgan fingerprint density at radius 2 is 1.79 bits per heavy atom. The number of benzene rings is 2. The van der Waals surface area contributed by atoms with Gasteiger partial charge in [-0.25, -0.2) is 0 Å². The summed E-state index contributed by atoms with van der Waals surface area (Å²) in [7, 11) is 0. The van der Waals surface area contributed by atoms with Gasteiger partial charge in [0.15, 0.2) is 0 Å². The second-order valence-electron chi connectivity index (χ2n) is 4.85. The molecule has 100 valence electrons. The zero-order chi connectivity index (χ0) is 14.0. The van der Waals surface area contributed by atoms with Crippen molar-refractivity contribution in [3.05, 3.63) is 68.1 Å². The van der Waals surface area contributed by atoms with E-state index in [1.807, 2.05) is 18.2 Å². The first-order valence-electron chi connectivity index (χ1n) is 6.24. The molecule has 19 heavy (non-hydrogen) atoms. The van der Waals surface area contributed by atoms with E-state index in [1.165, 1.54) is 16.7 Å². The Bertz CT molecular complexity index is 575. The molecule has 0 radical (unpaired) electrons. The van der Waals surface area contributed by atoms with Crippen molar-refractivity contribution in [3.63, 3.8) is 0 Å². The van der Waals surface area contributed by atoms with Crippen LogP contribution < -0.4 is 5.73 Å². The summed E-state index contributed by atoms with van der Waals surface area (Å²) < 4.78 is 0.988. The van der Waals surface area contributed by atoms with Gasteiger partial charge in [0.05, 0.1) is 0 Å². The van der Waals surface area contributed by atoms with Gasteiger partial charge in [0.1, 0.15) is 0 Å². The Morgan fingerprint density at radius 1 is 1.16 bits per heavy atom. The molecule has 0 spiro atoms. The van der Waals surface area contributed by atoms with E-state index in [0.29, 0.717) is 0 Å². The first-order chi connectivity index (χ1) is 8.99. The highest BCUT2D eigenvalue weighted by Gasteiger charge is 2.14. The van der Waals surface area contributed by atoms with Gasteiger partial charge < -0.3 is 5.73 Å². The molecule has 0 amide bonds. The maximum absolute atomic E-state index is 6.37. The Hall–Kier alpha value is -0.830. The first kappa shape index (κ1) is 14.6. The number of halogens is 2. The molecule has 3 heteroatoms. The molecule has 0 saturated heterocycles. The van der Waals surface area contributed by atoms with Gasteiger partial charge in [-0.05, 0) is 54.7 Å². The zero-order valence-corrected chi connectivity index (χ0v) is 13.4. The minimum absolute atomic E-state index is 0.0279. The SMILES string of the molecule is Cc1cccc(C)c1C(N)Cc1ccc(Br)cc1Cl. The molecule has 2 aromatic rings. The van der Waals surface area contributed by atoms with Gasteiger partial charge in [-0.1, -0.05) is 51.8 Å². The van der Waals surface area contributed by atoms with Crippen LogP contribution in [-0.4, -0.2) is 0 Å². The largest absolute Gasteiger partial charge is 0.324 e. The van der Waals surface area contributed by atoms with E-state index in [2.05, 4.69) is 48.0 Å². The number of rotatable bonds is 3. The van der Waals surface area contributed by atoms with Crippen molar-refractivity contribution in [1.29, 1.82) is 0 Å². The Morgan fingerprint density at radius 3 is 2.37 bits per heavy atom. The molecule has 2 rings (SSSR count). The lowest BCUT2D eigenvalue weighted by Gasteiger charge is -2.18. The molecule has 2 N–H and O–H groups in total. The summed E-state index contributed by atoms with van der Waals surface area (Å²) >= 11 is 9.67. The average molecular weight is 339 g/mol. The van der Waals surface area contributed by atoms with Crippen molar-refractivity contribution >= 4 is 27.5 Å². The number of hydrogen-bond donors (Lipinski definition) is 1. The Kier molecular flexibility index (Phi) is 4.67. The topological polar surface area (TPSA) is 26.0 Å². The summed E-state index contributed by atoms with van der Waals surface area (Å²) in [6, 6.07) is 12.2. The molecule has 1 atom stereocenters. The smallest absolute Gasteiger partial charge is 0.0449 e. The normalized spacial score (nSPS) is 12.5. The predicted octanol–water partition coefficient (Wildman–Crippen LogP) is 4.96. The fourth-order valence-electron chi connectivity index (χ4n) is 2.44. The van der Waals surface area contributed by atoms with Crippen molar-refractivity contribution in [3.8, 4) is 0 Å². The molecule has 0 fully saturated rings. The van der Waals surface area contributed by atoms with Crippen molar-refractivity contribution in [1.82, 2.24) is 0 Å². The molecule has 1 unspecified atom stereocenters. The van der Waals surface area contributed by atoms with E-state index in [4.69, 9.17) is 17.3 Å². The molecule has 1 nitrogen and oxygen atoms in total. The van der Waals surface area contributed by atoms with E-state index >= 15 is 0 Å². The van der Waals surface area contributed by atoms with Crippen LogP contribution in [0.15, 0.2) is 40.9 Å². The van der Waals surface area contributed by atoms with Gasteiger partial charge in [0.2, 0.25) is 0 Å². The average Bonchev–Trinajstić information content (AvgIpc) is 2.32. The van der Waals surface area contributed by atoms with Crippen LogP contribution in [0.2, 0.25) is 5.02 Å². The third-order valence-corrected chi connectivity index (χ3v) is 4.21. The summed E-state index contributed by atoms with van der Waals surface area (Å²) in [5.41, 5.74) is 11.1. The van der Waals surface area contributed by atoms with Crippen LogP contribution in [-0.2, 0) is 6.42 Å². The lowest BCUT2D eigenvalue weighted by atomic mass is 9.92. The quantitative estimate of drug-likeness (QED) is 0.841. The molecular formula is C16H17BrClN. The van der Waals surface area contributed by atoms with Gasteiger partial charge in [-0.3, -0.25) is 0 Å². The lowest BCUT2D eigenvalue weighted by Crippen LogP contribution is -2.16. The molecule has 0 heterocycles. The van der Waals surface area contributed by atoms with Crippen LogP contribution in [0.3, 0.4) is 0 Å². The number of hydrogen-bond acceptors (Lipinski definition) is 1. The summed E-state index contributed by atoms with van der Waals surface area (Å²) in [6.45, 7) is 4.21. The molecule has 0 aromatic heterocycles. The monoisotopic (exact) mass is 337 g/mol. The van der Waals surface area contributed by atoms with Crippen LogP contribution in [0, 0.1) is 13.8 Å². The summed E-state index contributed by atoms with van der Waals surface area (Å²) in [6.07, 6.45) is 0.748. The number of nitrogens with two attached hydrogens (primary N) is 1. The molecule has 2 aromatic carbocycles. The highest BCUT2D eigenvalue weighted by molar-refractivity contribution is 9.10. The molecule has 0 aliphatic carbocycles. The van der Waals surface area contributed by atoms with Gasteiger partial charge in [-0.15, -0.1) is 0 Å². The summed E-state index contributed by atoms with van der Waals surface area (Å²) in [5.74, 6) is 0. The van der Waals surface area contributed by atoms with Crippen molar-refractivity contribution in [2.45, 2.75) is 26.3 Å². The van der Waals surface area contributed by atoms with Crippen LogP contribution >= 0.6 is 27.5 Å². The van der Waals surface area contributed by atoms with Gasteiger partial charge >= 0.3 is 0 Å². The molecule has 0 aliphatic rings. The van der Waals surface area contributed by atoms with Gasteiger partial charge in [-0.2, -0.15) is 0 Å². The van der Waals surface area contributed by atoms with E-state index in [1.54, 1.807) is 0 Å². The maximum Gasteiger partial charge on any atom is 0.0449 e. The van der Waals surface area contributed by atoms with Gasteiger partial charge in [0, 0.05) is 15.5 Å². The zero-order valence-electron chi connectivity index (χ0n) is 11.1. The Labute approximate surface area is 127 Å². The van der Waals surface area contributed by atoms with Gasteiger partial charge in [0.25, 0.3) is 0 Å². The molecular weight excluding hydrogens is 322 g/mol. The fraction of sp³-hybridized carbons (Fsp3) is 0.250. The molecule has 0 bridgehead atoms. The Balaban J connectivity index is 2.28. The number of aryl methyl sites for hydroxylation is 2. The maximum atomic E-state index is 6.37. The summed E-state index contributed by atoms with van der Waals surface area (Å²) in [4.78, 5) is 0. The lowest BCUT2D eigenvalue weighted by molar-refractivity contribution is 0.711. The van der Waals surface area contributed by atoms with Crippen molar-refractivity contribution in [2.24, 2.45) is 5.73 Å². The van der Waals surface area contributed by atoms with Crippen LogP contribution in [0.4, 0.5) is 0 Å². The second kappa shape index (κ2) is 6.08. The van der Waals surface area contributed by atoms with E-state index in [9.17, 15) is 0 Å². The van der Waals surface area contributed by atoms with E-state index in [0.717, 1.165) is 21.5 Å². The predicted molar refractivity (Wildman–Crippen MR) is 85.7 cm³/mol. The molecule has 0 saturated carbocycles. The highest BCUT2D eigenvalue weighted by atomic mass is 79.9. The second-order valence-corrected chi connectivity index (χ2v) is 6.17. The van der Waals surface area contributed by atoms with Crippen LogP contribution in [0.1, 0.15) is 28.3 Å². The minimum atomic E-state index is -0.0279. The third kappa shape index (κ3) is 3.38. The van der Waals surface area contributed by atoms with Crippen LogP contribution in [0.25, 0.3) is 0 Å². The van der Waals surface area contributed by atoms with E-state index < -0.39 is 0 Å². The first-order valence-corrected chi connectivity index (χ1v) is 7.41. The van der Waals surface area contributed by atoms with E-state index in [-0.39, 0.29) is 6.04 Å². The standard InChI is InChI=1S/C16H17BrClN/c1-10-4-3-5-11(2)16(10)15(19)8-12-6-7-13(17)9-14(12)18/h3-7,9,15H,8,19H2,1-2H3. The minimum Gasteiger partial charge on any atom is -0.324 e.